The lowest BCUT2D eigenvalue weighted by Gasteiger charge is -2.36. The van der Waals surface area contributed by atoms with Gasteiger partial charge in [-0.2, -0.15) is 0 Å². The van der Waals surface area contributed by atoms with Gasteiger partial charge in [0.25, 0.3) is 0 Å². The number of aromatic nitrogens is 1. The fraction of sp³-hybridized carbons (Fsp3) is 0.179. The first-order chi connectivity index (χ1) is 20.5. The molecule has 0 bridgehead atoms. The third kappa shape index (κ3) is 4.46. The monoisotopic (exact) mass is 547 g/mol. The van der Waals surface area contributed by atoms with E-state index >= 15 is 0 Å². The molecular weight excluding hydrogens is 514 g/mol. The van der Waals surface area contributed by atoms with Gasteiger partial charge >= 0.3 is 5.97 Å². The van der Waals surface area contributed by atoms with E-state index in [1.54, 1.807) is 0 Å². The molecule has 6 aromatic rings. The van der Waals surface area contributed by atoms with Crippen LogP contribution in [0, 0.1) is 5.92 Å². The third-order valence-corrected chi connectivity index (χ3v) is 8.96. The maximum Gasteiger partial charge on any atom is 0.314 e. The van der Waals surface area contributed by atoms with Crippen molar-refractivity contribution < 1.29 is 9.53 Å². The first kappa shape index (κ1) is 26.2. The van der Waals surface area contributed by atoms with E-state index in [4.69, 9.17) is 9.72 Å². The van der Waals surface area contributed by atoms with E-state index < -0.39 is 5.41 Å². The molecule has 1 unspecified atom stereocenters. The molecule has 0 amide bonds. The number of nitrogens with zero attached hydrogens (tertiary/aromatic N) is 1. The largest absolute Gasteiger partial charge is 0.426 e. The fourth-order valence-corrected chi connectivity index (χ4v) is 7.00. The molecular formula is C39H33NO2. The Morgan fingerprint density at radius 2 is 1.38 bits per heavy atom. The van der Waals surface area contributed by atoms with Gasteiger partial charge in [-0.3, -0.25) is 4.79 Å². The number of fused-ring (bicyclic) bond motifs is 6. The van der Waals surface area contributed by atoms with Crippen molar-refractivity contribution in [3.63, 3.8) is 0 Å². The van der Waals surface area contributed by atoms with Gasteiger partial charge in [0.05, 0.1) is 17.1 Å². The fourth-order valence-electron chi connectivity index (χ4n) is 7.00. The number of pyridine rings is 1. The molecule has 3 nitrogen and oxygen atoms in total. The average molecular weight is 548 g/mol. The number of hydrogen-bond donors (Lipinski definition) is 0. The van der Waals surface area contributed by atoms with Crippen LogP contribution in [0.4, 0.5) is 0 Å². The Kier molecular flexibility index (Phi) is 6.59. The van der Waals surface area contributed by atoms with Crippen LogP contribution in [0.1, 0.15) is 49.3 Å². The van der Waals surface area contributed by atoms with Gasteiger partial charge in [0, 0.05) is 16.4 Å². The SMILES string of the molecule is C[C@@H](CC1(C[C@H](C)c2ccccc2)c2cc3ccccc3nc2-c2c1ccc1ccccc21)C(=O)Oc1ccccc1. The van der Waals surface area contributed by atoms with Crippen LogP contribution in [0.15, 0.2) is 127 Å². The highest BCUT2D eigenvalue weighted by atomic mass is 16.5. The molecule has 1 aliphatic carbocycles. The molecule has 0 spiro atoms. The highest BCUT2D eigenvalue weighted by Crippen LogP contribution is 2.57. The molecule has 3 atom stereocenters. The molecule has 7 rings (SSSR count). The van der Waals surface area contributed by atoms with E-state index in [1.165, 1.54) is 33.0 Å². The number of benzene rings is 5. The predicted molar refractivity (Wildman–Crippen MR) is 171 cm³/mol. The van der Waals surface area contributed by atoms with E-state index in [0.29, 0.717) is 12.2 Å². The quantitative estimate of drug-likeness (QED) is 0.148. The van der Waals surface area contributed by atoms with Crippen molar-refractivity contribution in [2.75, 3.05) is 0 Å². The zero-order valence-electron chi connectivity index (χ0n) is 24.0. The van der Waals surface area contributed by atoms with Gasteiger partial charge in [0.15, 0.2) is 0 Å². The van der Waals surface area contributed by atoms with E-state index in [0.717, 1.165) is 23.0 Å². The minimum absolute atomic E-state index is 0.211. The molecule has 1 aromatic heterocycles. The van der Waals surface area contributed by atoms with Crippen molar-refractivity contribution in [2.45, 2.75) is 38.0 Å². The van der Waals surface area contributed by atoms with Crippen LogP contribution in [-0.4, -0.2) is 11.0 Å². The average Bonchev–Trinajstić information content (AvgIpc) is 3.29. The van der Waals surface area contributed by atoms with E-state index in [-0.39, 0.29) is 17.8 Å². The topological polar surface area (TPSA) is 39.2 Å². The predicted octanol–water partition coefficient (Wildman–Crippen LogP) is 9.48. The van der Waals surface area contributed by atoms with Gasteiger partial charge in [-0.05, 0) is 70.5 Å². The van der Waals surface area contributed by atoms with Crippen LogP contribution in [0.3, 0.4) is 0 Å². The van der Waals surface area contributed by atoms with E-state index in [9.17, 15) is 4.79 Å². The van der Waals surface area contributed by atoms with Crippen molar-refractivity contribution in [2.24, 2.45) is 5.92 Å². The lowest BCUT2D eigenvalue weighted by molar-refractivity contribution is -0.139. The van der Waals surface area contributed by atoms with Gasteiger partial charge in [-0.1, -0.05) is 117 Å². The summed E-state index contributed by atoms with van der Waals surface area (Å²) >= 11 is 0. The molecule has 5 aromatic carbocycles. The summed E-state index contributed by atoms with van der Waals surface area (Å²) in [6.07, 6.45) is 1.46. The molecule has 0 N–H and O–H groups in total. The summed E-state index contributed by atoms with van der Waals surface area (Å²) in [4.78, 5) is 18.9. The second-order valence-corrected chi connectivity index (χ2v) is 11.7. The zero-order valence-corrected chi connectivity index (χ0v) is 24.0. The first-order valence-electron chi connectivity index (χ1n) is 14.8. The maximum atomic E-state index is 13.6. The summed E-state index contributed by atoms with van der Waals surface area (Å²) in [6.45, 7) is 4.31. The minimum Gasteiger partial charge on any atom is -0.426 e. The number of carbonyl (C=O) groups excluding carboxylic acids is 1. The Bertz CT molecular complexity index is 1910. The number of esters is 1. The van der Waals surface area contributed by atoms with Crippen LogP contribution in [0.2, 0.25) is 0 Å². The highest BCUT2D eigenvalue weighted by Gasteiger charge is 2.47. The van der Waals surface area contributed by atoms with Crippen LogP contribution < -0.4 is 4.74 Å². The molecule has 0 fully saturated rings. The lowest BCUT2D eigenvalue weighted by atomic mass is 9.66. The van der Waals surface area contributed by atoms with E-state index in [2.05, 4.69) is 97.9 Å². The molecule has 0 saturated heterocycles. The maximum absolute atomic E-state index is 13.6. The minimum atomic E-state index is -0.434. The molecule has 206 valence electrons. The summed E-state index contributed by atoms with van der Waals surface area (Å²) < 4.78 is 5.88. The van der Waals surface area contributed by atoms with Crippen molar-refractivity contribution in [3.8, 4) is 17.0 Å². The summed E-state index contributed by atoms with van der Waals surface area (Å²) in [6, 6.07) is 43.9. The summed E-state index contributed by atoms with van der Waals surface area (Å²) in [7, 11) is 0. The van der Waals surface area contributed by atoms with Crippen molar-refractivity contribution in [1.29, 1.82) is 0 Å². The Labute approximate surface area is 246 Å². The second-order valence-electron chi connectivity index (χ2n) is 11.7. The van der Waals surface area contributed by atoms with Gasteiger partial charge in [-0.25, -0.2) is 4.98 Å². The number of carbonyl (C=O) groups is 1. The van der Waals surface area contributed by atoms with Crippen LogP contribution in [-0.2, 0) is 10.2 Å². The smallest absolute Gasteiger partial charge is 0.314 e. The van der Waals surface area contributed by atoms with Gasteiger partial charge in [-0.15, -0.1) is 0 Å². The second kappa shape index (κ2) is 10.6. The molecule has 0 aliphatic heterocycles. The van der Waals surface area contributed by atoms with Crippen LogP contribution >= 0.6 is 0 Å². The molecule has 42 heavy (non-hydrogen) atoms. The molecule has 1 aliphatic rings. The molecule has 1 heterocycles. The lowest BCUT2D eigenvalue weighted by Crippen LogP contribution is -2.33. The summed E-state index contributed by atoms with van der Waals surface area (Å²) in [5.74, 6) is 0.273. The van der Waals surface area contributed by atoms with Crippen molar-refractivity contribution in [3.05, 3.63) is 144 Å². The summed E-state index contributed by atoms with van der Waals surface area (Å²) in [5, 5.41) is 3.51. The summed E-state index contributed by atoms with van der Waals surface area (Å²) in [5.41, 5.74) is 6.52. The number of rotatable bonds is 7. The van der Waals surface area contributed by atoms with Gasteiger partial charge in [0.1, 0.15) is 5.75 Å². The van der Waals surface area contributed by atoms with Crippen molar-refractivity contribution in [1.82, 2.24) is 4.98 Å². The molecule has 0 radical (unpaired) electrons. The third-order valence-electron chi connectivity index (χ3n) is 8.96. The Balaban J connectivity index is 1.44. The molecule has 3 heteroatoms. The van der Waals surface area contributed by atoms with Gasteiger partial charge in [0.2, 0.25) is 0 Å². The van der Waals surface area contributed by atoms with E-state index in [1.807, 2.05) is 43.3 Å². The Morgan fingerprint density at radius 1 is 0.714 bits per heavy atom. The first-order valence-corrected chi connectivity index (χ1v) is 14.8. The van der Waals surface area contributed by atoms with Gasteiger partial charge < -0.3 is 4.74 Å². The van der Waals surface area contributed by atoms with Crippen molar-refractivity contribution >= 4 is 27.6 Å². The normalized spacial score (nSPS) is 17.0. The zero-order chi connectivity index (χ0) is 28.7. The van der Waals surface area contributed by atoms with Crippen LogP contribution in [0.25, 0.3) is 32.9 Å². The Morgan fingerprint density at radius 3 is 2.17 bits per heavy atom. The highest BCUT2D eigenvalue weighted by molar-refractivity contribution is 6.03. The van der Waals surface area contributed by atoms with Crippen LogP contribution in [0.5, 0.6) is 5.75 Å². The molecule has 0 saturated carbocycles. The number of ether oxygens (including phenoxy) is 1. The number of para-hydroxylation sites is 2. The Hall–Kier alpha value is -4.76. The standard InChI is InChI=1S/C39H33NO2/c1-26(28-13-5-3-6-14-28)24-39(25-27(2)38(41)42-31-17-7-4-8-18-31)33-22-21-29-15-9-11-19-32(29)36(33)37-34(39)23-30-16-10-12-20-35(30)40-37/h3-23,26-27H,24-25H2,1-2H3/t26-,27-,39?/m0/s1. The number of hydrogen-bond acceptors (Lipinski definition) is 3.